The molecule has 0 aliphatic carbocycles. The molecule has 2 saturated heterocycles. The Morgan fingerprint density at radius 3 is 2.60 bits per heavy atom. The third-order valence-electron chi connectivity index (χ3n) is 4.58. The number of hydrogen-bond acceptors (Lipinski definition) is 5. The molecule has 6 nitrogen and oxygen atoms in total. The smallest absolute Gasteiger partial charge is 0.358 e. The number of carboxylic acids is 1. The lowest BCUT2D eigenvalue weighted by Gasteiger charge is -2.47. The van der Waals surface area contributed by atoms with Crippen molar-refractivity contribution in [3.05, 3.63) is 18.1 Å². The standard InChI is InChI=1S/C14H20N4O2/c1-18-10-3-2-4-11(18)8-9(7-10)17-13-12(14(19)20)15-5-6-16-13/h5-6,9-11H,2-4,7-8H2,1H3,(H,16,17)(H,19,20). The van der Waals surface area contributed by atoms with Gasteiger partial charge in [-0.25, -0.2) is 14.8 Å². The van der Waals surface area contributed by atoms with Gasteiger partial charge in [0, 0.05) is 30.5 Å². The number of aromatic carboxylic acids is 1. The molecule has 0 spiro atoms. The van der Waals surface area contributed by atoms with Crippen LogP contribution in [-0.4, -0.2) is 51.1 Å². The summed E-state index contributed by atoms with van der Waals surface area (Å²) < 4.78 is 0. The van der Waals surface area contributed by atoms with Gasteiger partial charge in [-0.1, -0.05) is 6.42 Å². The molecular weight excluding hydrogens is 256 g/mol. The first-order chi connectivity index (χ1) is 9.65. The van der Waals surface area contributed by atoms with Gasteiger partial charge in [-0.15, -0.1) is 0 Å². The number of carbonyl (C=O) groups is 1. The van der Waals surface area contributed by atoms with Crippen LogP contribution in [0.5, 0.6) is 0 Å². The molecule has 2 N–H and O–H groups in total. The fraction of sp³-hybridized carbons (Fsp3) is 0.643. The number of nitrogens with one attached hydrogen (secondary N) is 1. The van der Waals surface area contributed by atoms with Gasteiger partial charge in [0.2, 0.25) is 0 Å². The van der Waals surface area contributed by atoms with Crippen LogP contribution in [-0.2, 0) is 0 Å². The van der Waals surface area contributed by atoms with Crippen molar-refractivity contribution < 1.29 is 9.90 Å². The highest BCUT2D eigenvalue weighted by atomic mass is 16.4. The van der Waals surface area contributed by atoms with E-state index in [1.807, 2.05) is 0 Å². The molecule has 0 aromatic carbocycles. The van der Waals surface area contributed by atoms with Gasteiger partial charge in [0.1, 0.15) is 0 Å². The highest BCUT2D eigenvalue weighted by Gasteiger charge is 2.36. The number of anilines is 1. The van der Waals surface area contributed by atoms with E-state index in [2.05, 4.69) is 27.2 Å². The highest BCUT2D eigenvalue weighted by molar-refractivity contribution is 5.90. The zero-order chi connectivity index (χ0) is 14.1. The van der Waals surface area contributed by atoms with Crippen LogP contribution in [0.25, 0.3) is 0 Å². The van der Waals surface area contributed by atoms with E-state index >= 15 is 0 Å². The molecule has 3 rings (SSSR count). The average molecular weight is 276 g/mol. The molecule has 2 fully saturated rings. The zero-order valence-electron chi connectivity index (χ0n) is 11.6. The molecule has 108 valence electrons. The van der Waals surface area contributed by atoms with Gasteiger partial charge in [-0.05, 0) is 32.7 Å². The van der Waals surface area contributed by atoms with Crippen LogP contribution in [0.2, 0.25) is 0 Å². The van der Waals surface area contributed by atoms with Crippen LogP contribution in [0.15, 0.2) is 12.4 Å². The molecule has 0 radical (unpaired) electrons. The third kappa shape index (κ3) is 2.47. The summed E-state index contributed by atoms with van der Waals surface area (Å²) in [5, 5.41) is 12.4. The topological polar surface area (TPSA) is 78.3 Å². The van der Waals surface area contributed by atoms with E-state index in [1.165, 1.54) is 31.7 Å². The predicted octanol–water partition coefficient (Wildman–Crippen LogP) is 1.60. The van der Waals surface area contributed by atoms with Gasteiger partial charge in [0.25, 0.3) is 0 Å². The van der Waals surface area contributed by atoms with Crippen molar-refractivity contribution in [3.63, 3.8) is 0 Å². The van der Waals surface area contributed by atoms with Crippen LogP contribution >= 0.6 is 0 Å². The molecule has 2 atom stereocenters. The number of hydrogen-bond donors (Lipinski definition) is 2. The average Bonchev–Trinajstić information content (AvgIpc) is 2.40. The van der Waals surface area contributed by atoms with Gasteiger partial charge in [-0.2, -0.15) is 0 Å². The molecule has 0 amide bonds. The number of rotatable bonds is 3. The van der Waals surface area contributed by atoms with Crippen molar-refractivity contribution in [1.29, 1.82) is 0 Å². The lowest BCUT2D eigenvalue weighted by Crippen LogP contribution is -2.53. The van der Waals surface area contributed by atoms with Crippen LogP contribution in [0, 0.1) is 0 Å². The number of fused-ring (bicyclic) bond motifs is 2. The van der Waals surface area contributed by atoms with Crippen molar-refractivity contribution in [2.24, 2.45) is 0 Å². The summed E-state index contributed by atoms with van der Waals surface area (Å²) in [6.07, 6.45) is 8.81. The number of nitrogens with zero attached hydrogens (tertiary/aromatic N) is 3. The molecule has 3 heterocycles. The van der Waals surface area contributed by atoms with Gasteiger partial charge in [0.15, 0.2) is 11.5 Å². The maximum atomic E-state index is 11.2. The highest BCUT2D eigenvalue weighted by Crippen LogP contribution is 2.33. The van der Waals surface area contributed by atoms with Crippen LogP contribution < -0.4 is 5.32 Å². The summed E-state index contributed by atoms with van der Waals surface area (Å²) in [6, 6.07) is 1.49. The number of carboxylic acid groups (broad SMARTS) is 1. The summed E-state index contributed by atoms with van der Waals surface area (Å²) >= 11 is 0. The third-order valence-corrected chi connectivity index (χ3v) is 4.58. The van der Waals surface area contributed by atoms with Gasteiger partial charge in [-0.3, -0.25) is 0 Å². The lowest BCUT2D eigenvalue weighted by molar-refractivity contribution is 0.0606. The molecule has 2 aliphatic heterocycles. The van der Waals surface area contributed by atoms with E-state index in [1.54, 1.807) is 0 Å². The molecule has 2 aliphatic rings. The molecule has 0 saturated carbocycles. The van der Waals surface area contributed by atoms with Gasteiger partial charge >= 0.3 is 5.97 Å². The Balaban J connectivity index is 1.74. The van der Waals surface area contributed by atoms with Crippen LogP contribution in [0.4, 0.5) is 5.82 Å². The fourth-order valence-corrected chi connectivity index (χ4v) is 3.53. The maximum Gasteiger partial charge on any atom is 0.358 e. The van der Waals surface area contributed by atoms with Crippen molar-refractivity contribution >= 4 is 11.8 Å². The van der Waals surface area contributed by atoms with E-state index in [4.69, 9.17) is 5.11 Å². The van der Waals surface area contributed by atoms with E-state index in [-0.39, 0.29) is 11.7 Å². The van der Waals surface area contributed by atoms with Crippen molar-refractivity contribution in [1.82, 2.24) is 14.9 Å². The summed E-state index contributed by atoms with van der Waals surface area (Å²) in [7, 11) is 2.20. The van der Waals surface area contributed by atoms with Crippen molar-refractivity contribution in [2.45, 2.75) is 50.2 Å². The second-order valence-electron chi connectivity index (χ2n) is 5.78. The summed E-state index contributed by atoms with van der Waals surface area (Å²) in [4.78, 5) is 21.7. The molecule has 20 heavy (non-hydrogen) atoms. The molecule has 6 heteroatoms. The van der Waals surface area contributed by atoms with E-state index in [0.717, 1.165) is 12.8 Å². The normalized spacial score (nSPS) is 29.9. The summed E-state index contributed by atoms with van der Waals surface area (Å²) in [5.74, 6) is -0.638. The van der Waals surface area contributed by atoms with E-state index in [0.29, 0.717) is 17.9 Å². The largest absolute Gasteiger partial charge is 0.476 e. The Morgan fingerprint density at radius 2 is 1.95 bits per heavy atom. The first kappa shape index (κ1) is 13.3. The van der Waals surface area contributed by atoms with Crippen LogP contribution in [0.1, 0.15) is 42.6 Å². The molecule has 1 aromatic heterocycles. The Bertz CT molecular complexity index is 494. The predicted molar refractivity (Wildman–Crippen MR) is 74.8 cm³/mol. The Hall–Kier alpha value is -1.69. The second-order valence-corrected chi connectivity index (χ2v) is 5.78. The van der Waals surface area contributed by atoms with Crippen molar-refractivity contribution in [3.8, 4) is 0 Å². The van der Waals surface area contributed by atoms with Gasteiger partial charge < -0.3 is 15.3 Å². The number of aromatic nitrogens is 2. The molecule has 2 unspecified atom stereocenters. The first-order valence-electron chi connectivity index (χ1n) is 7.18. The summed E-state index contributed by atoms with van der Waals surface area (Å²) in [6.45, 7) is 0. The quantitative estimate of drug-likeness (QED) is 0.873. The monoisotopic (exact) mass is 276 g/mol. The van der Waals surface area contributed by atoms with E-state index in [9.17, 15) is 4.79 Å². The van der Waals surface area contributed by atoms with E-state index < -0.39 is 5.97 Å². The van der Waals surface area contributed by atoms with Gasteiger partial charge in [0.05, 0.1) is 0 Å². The number of piperidine rings is 2. The fourth-order valence-electron chi connectivity index (χ4n) is 3.53. The lowest BCUT2D eigenvalue weighted by atomic mass is 9.82. The summed E-state index contributed by atoms with van der Waals surface area (Å²) in [5.41, 5.74) is 0.0107. The molecule has 2 bridgehead atoms. The first-order valence-corrected chi connectivity index (χ1v) is 7.18. The molecule has 1 aromatic rings. The van der Waals surface area contributed by atoms with Crippen LogP contribution in [0.3, 0.4) is 0 Å². The minimum absolute atomic E-state index is 0.0107. The zero-order valence-corrected chi connectivity index (χ0v) is 11.6. The second kappa shape index (κ2) is 5.36. The Kier molecular flexibility index (Phi) is 3.56. The molecular formula is C14H20N4O2. The minimum Gasteiger partial charge on any atom is -0.476 e. The minimum atomic E-state index is -1.03. The Morgan fingerprint density at radius 1 is 1.30 bits per heavy atom. The SMILES string of the molecule is CN1C2CCCC1CC(Nc1nccnc1C(=O)O)C2. The maximum absolute atomic E-state index is 11.2. The Labute approximate surface area is 118 Å². The van der Waals surface area contributed by atoms with Crippen molar-refractivity contribution in [2.75, 3.05) is 12.4 Å².